The molecule has 3 nitrogen and oxygen atoms in total. The van der Waals surface area contributed by atoms with Crippen molar-refractivity contribution in [1.82, 2.24) is 9.55 Å². The van der Waals surface area contributed by atoms with Crippen LogP contribution in [-0.4, -0.2) is 9.55 Å². The van der Waals surface area contributed by atoms with Crippen molar-refractivity contribution in [2.45, 2.75) is 31.7 Å². The van der Waals surface area contributed by atoms with E-state index < -0.39 is 5.54 Å². The van der Waals surface area contributed by atoms with E-state index in [1.165, 1.54) is 0 Å². The average Bonchev–Trinajstić information content (AvgIpc) is 3.30. The van der Waals surface area contributed by atoms with Gasteiger partial charge in [0.05, 0.1) is 24.0 Å². The van der Waals surface area contributed by atoms with Gasteiger partial charge in [-0.15, -0.1) is 0 Å². The molecule has 0 spiro atoms. The first-order valence-electron chi connectivity index (χ1n) is 10.8. The Balaban J connectivity index is 1.99. The highest BCUT2D eigenvalue weighted by Crippen LogP contribution is 2.41. The zero-order valence-electron chi connectivity index (χ0n) is 18.0. The largest absolute Gasteiger partial charge is 0.319 e. The quantitative estimate of drug-likeness (QED) is 0.335. The monoisotopic (exact) mass is 405 g/mol. The van der Waals surface area contributed by atoms with E-state index >= 15 is 0 Å². The minimum absolute atomic E-state index is 0.221. The lowest BCUT2D eigenvalue weighted by atomic mass is 9.76. The Hall–Kier alpha value is -3.64. The van der Waals surface area contributed by atoms with Crippen LogP contribution >= 0.6 is 0 Å². The maximum Gasteiger partial charge on any atom is 0.121 e. The maximum atomic E-state index is 9.79. The topological polar surface area (TPSA) is 41.6 Å². The SMILES string of the molecule is CC(C)CC(C#N)c1cn(C(c2ccccc2)(c2ccccc2)c2ccccc2)cn1. The van der Waals surface area contributed by atoms with E-state index in [1.54, 1.807) is 0 Å². The van der Waals surface area contributed by atoms with Crippen LogP contribution in [0.4, 0.5) is 0 Å². The lowest BCUT2D eigenvalue weighted by Gasteiger charge is -2.37. The van der Waals surface area contributed by atoms with Crippen LogP contribution in [0.2, 0.25) is 0 Å². The second kappa shape index (κ2) is 9.02. The minimum Gasteiger partial charge on any atom is -0.319 e. The summed E-state index contributed by atoms with van der Waals surface area (Å²) in [5.41, 5.74) is 3.67. The molecular formula is C28H27N3. The molecule has 3 heteroatoms. The third kappa shape index (κ3) is 3.90. The molecule has 1 heterocycles. The van der Waals surface area contributed by atoms with Crippen LogP contribution < -0.4 is 0 Å². The van der Waals surface area contributed by atoms with Crippen molar-refractivity contribution in [2.24, 2.45) is 5.92 Å². The van der Waals surface area contributed by atoms with Gasteiger partial charge in [-0.2, -0.15) is 5.26 Å². The van der Waals surface area contributed by atoms with Crippen LogP contribution in [0.15, 0.2) is 104 Å². The van der Waals surface area contributed by atoms with E-state index in [4.69, 9.17) is 4.98 Å². The number of hydrogen-bond acceptors (Lipinski definition) is 2. The predicted octanol–water partition coefficient (Wildman–Crippen LogP) is 6.38. The van der Waals surface area contributed by atoms with Gasteiger partial charge in [0.25, 0.3) is 0 Å². The van der Waals surface area contributed by atoms with Crippen molar-refractivity contribution in [3.05, 3.63) is 126 Å². The second-order valence-electron chi connectivity index (χ2n) is 8.33. The molecule has 0 aliphatic carbocycles. The van der Waals surface area contributed by atoms with Gasteiger partial charge in [-0.25, -0.2) is 4.98 Å². The van der Waals surface area contributed by atoms with Crippen molar-refractivity contribution >= 4 is 0 Å². The fourth-order valence-corrected chi connectivity index (χ4v) is 4.40. The molecule has 1 aromatic heterocycles. The molecule has 1 atom stereocenters. The summed E-state index contributed by atoms with van der Waals surface area (Å²) < 4.78 is 2.17. The maximum absolute atomic E-state index is 9.79. The van der Waals surface area contributed by atoms with Crippen LogP contribution in [0.5, 0.6) is 0 Å². The van der Waals surface area contributed by atoms with E-state index in [0.29, 0.717) is 5.92 Å². The smallest absolute Gasteiger partial charge is 0.121 e. The molecule has 154 valence electrons. The lowest BCUT2D eigenvalue weighted by Crippen LogP contribution is -2.37. The molecule has 0 bridgehead atoms. The van der Waals surface area contributed by atoms with Crippen LogP contribution in [-0.2, 0) is 5.54 Å². The molecular weight excluding hydrogens is 378 g/mol. The highest BCUT2D eigenvalue weighted by molar-refractivity contribution is 5.50. The number of hydrogen-bond donors (Lipinski definition) is 0. The Labute approximate surface area is 184 Å². The summed E-state index contributed by atoms with van der Waals surface area (Å²) in [7, 11) is 0. The normalized spacial score (nSPS) is 12.5. The first-order valence-corrected chi connectivity index (χ1v) is 10.8. The van der Waals surface area contributed by atoms with Crippen LogP contribution in [0.1, 0.15) is 48.6 Å². The summed E-state index contributed by atoms with van der Waals surface area (Å²) >= 11 is 0. The minimum atomic E-state index is -0.590. The van der Waals surface area contributed by atoms with Gasteiger partial charge in [0, 0.05) is 6.20 Å². The van der Waals surface area contributed by atoms with Gasteiger partial charge in [0.15, 0.2) is 0 Å². The highest BCUT2D eigenvalue weighted by atomic mass is 15.1. The number of benzene rings is 3. The molecule has 0 aliphatic rings. The number of imidazole rings is 1. The van der Waals surface area contributed by atoms with Crippen LogP contribution in [0, 0.1) is 17.2 Å². The van der Waals surface area contributed by atoms with Crippen LogP contribution in [0.3, 0.4) is 0 Å². The van der Waals surface area contributed by atoms with Gasteiger partial charge in [-0.05, 0) is 29.0 Å². The Bertz CT molecular complexity index is 1040. The fourth-order valence-electron chi connectivity index (χ4n) is 4.40. The third-order valence-electron chi connectivity index (χ3n) is 5.78. The molecule has 0 saturated heterocycles. The molecule has 3 aromatic carbocycles. The molecule has 0 saturated carbocycles. The van der Waals surface area contributed by atoms with Gasteiger partial charge in [-0.3, -0.25) is 0 Å². The Morgan fingerprint density at radius 1 is 0.806 bits per heavy atom. The Morgan fingerprint density at radius 2 is 1.26 bits per heavy atom. The lowest BCUT2D eigenvalue weighted by molar-refractivity contribution is 0.512. The van der Waals surface area contributed by atoms with Gasteiger partial charge in [0.2, 0.25) is 0 Å². The van der Waals surface area contributed by atoms with Crippen molar-refractivity contribution < 1.29 is 0 Å². The van der Waals surface area contributed by atoms with E-state index in [1.807, 2.05) is 24.5 Å². The van der Waals surface area contributed by atoms with Gasteiger partial charge in [-0.1, -0.05) is 105 Å². The summed E-state index contributed by atoms with van der Waals surface area (Å²) in [5, 5.41) is 9.79. The molecule has 0 radical (unpaired) electrons. The summed E-state index contributed by atoms with van der Waals surface area (Å²) in [6.45, 7) is 4.28. The number of rotatable bonds is 7. The third-order valence-corrected chi connectivity index (χ3v) is 5.78. The second-order valence-corrected chi connectivity index (χ2v) is 8.33. The van der Waals surface area contributed by atoms with E-state index in [2.05, 4.69) is 103 Å². The summed E-state index contributed by atoms with van der Waals surface area (Å²) in [4.78, 5) is 4.72. The zero-order chi connectivity index (χ0) is 21.7. The molecule has 0 N–H and O–H groups in total. The molecule has 31 heavy (non-hydrogen) atoms. The molecule has 1 unspecified atom stereocenters. The van der Waals surface area contributed by atoms with E-state index in [0.717, 1.165) is 28.8 Å². The summed E-state index contributed by atoms with van der Waals surface area (Å²) in [6.07, 6.45) is 4.73. The van der Waals surface area contributed by atoms with Crippen LogP contribution in [0.25, 0.3) is 0 Å². The number of aromatic nitrogens is 2. The van der Waals surface area contributed by atoms with E-state index in [-0.39, 0.29) is 5.92 Å². The van der Waals surface area contributed by atoms with E-state index in [9.17, 15) is 5.26 Å². The molecule has 4 rings (SSSR count). The standard InChI is InChI=1S/C28H27N3/c1-22(2)18-23(19-29)27-20-31(21-30-27)28(24-12-6-3-7-13-24,25-14-8-4-9-15-25)26-16-10-5-11-17-26/h3-17,20-23H,18H2,1-2H3. The van der Waals surface area contributed by atoms with Gasteiger partial charge < -0.3 is 4.57 Å². The van der Waals surface area contributed by atoms with Crippen molar-refractivity contribution in [2.75, 3.05) is 0 Å². The molecule has 0 amide bonds. The Kier molecular flexibility index (Phi) is 6.00. The number of nitrogens with zero attached hydrogens (tertiary/aromatic N) is 3. The first-order chi connectivity index (χ1) is 15.2. The van der Waals surface area contributed by atoms with Crippen molar-refractivity contribution in [3.8, 4) is 6.07 Å². The average molecular weight is 406 g/mol. The number of nitriles is 1. The molecule has 4 aromatic rings. The Morgan fingerprint density at radius 3 is 1.65 bits per heavy atom. The van der Waals surface area contributed by atoms with Crippen molar-refractivity contribution in [3.63, 3.8) is 0 Å². The predicted molar refractivity (Wildman–Crippen MR) is 125 cm³/mol. The zero-order valence-corrected chi connectivity index (χ0v) is 18.0. The molecule has 0 fully saturated rings. The molecule has 0 aliphatic heterocycles. The first kappa shape index (κ1) is 20.6. The summed E-state index contributed by atoms with van der Waals surface area (Å²) in [6, 6.07) is 34.0. The van der Waals surface area contributed by atoms with Crippen molar-refractivity contribution in [1.29, 1.82) is 5.26 Å². The summed E-state index contributed by atoms with van der Waals surface area (Å²) in [5.74, 6) is 0.207. The van der Waals surface area contributed by atoms with Gasteiger partial charge in [0.1, 0.15) is 5.54 Å². The van der Waals surface area contributed by atoms with Gasteiger partial charge >= 0.3 is 0 Å². The fraction of sp³-hybridized carbons (Fsp3) is 0.214. The highest BCUT2D eigenvalue weighted by Gasteiger charge is 2.38.